The van der Waals surface area contributed by atoms with Gasteiger partial charge in [0.15, 0.2) is 0 Å². The topological polar surface area (TPSA) is 72.9 Å². The van der Waals surface area contributed by atoms with Gasteiger partial charge in [0.2, 0.25) is 5.91 Å². The highest BCUT2D eigenvalue weighted by atomic mass is 16.2. The summed E-state index contributed by atoms with van der Waals surface area (Å²) in [5.74, 6) is -0.112. The molecule has 5 nitrogen and oxygen atoms in total. The molecule has 0 unspecified atom stereocenters. The Balaban J connectivity index is 1.92. The smallest absolute Gasteiger partial charge is 0.237 e. The summed E-state index contributed by atoms with van der Waals surface area (Å²) in [4.78, 5) is 11.7. The summed E-state index contributed by atoms with van der Waals surface area (Å²) < 4.78 is 1.79. The van der Waals surface area contributed by atoms with Crippen molar-refractivity contribution in [2.45, 2.75) is 32.4 Å². The number of nitrogens with zero attached hydrogens (tertiary/aromatic N) is 2. The second kappa shape index (κ2) is 6.86. The van der Waals surface area contributed by atoms with Crippen LogP contribution in [0.2, 0.25) is 0 Å². The fourth-order valence-corrected chi connectivity index (χ4v) is 1.94. The molecular formula is C15H20N4O. The van der Waals surface area contributed by atoms with Crippen molar-refractivity contribution in [3.05, 3.63) is 48.3 Å². The zero-order valence-electron chi connectivity index (χ0n) is 11.6. The number of para-hydroxylation sites is 1. The van der Waals surface area contributed by atoms with Gasteiger partial charge in [-0.05, 0) is 18.6 Å². The van der Waals surface area contributed by atoms with Gasteiger partial charge in [0.1, 0.15) is 0 Å². The molecule has 1 aromatic heterocycles. The normalized spacial score (nSPS) is 12.1. The highest BCUT2D eigenvalue weighted by molar-refractivity contribution is 5.81. The third-order valence-electron chi connectivity index (χ3n) is 3.06. The molecule has 20 heavy (non-hydrogen) atoms. The molecule has 2 rings (SSSR count). The molecule has 0 saturated heterocycles. The monoisotopic (exact) mass is 272 g/mol. The maximum Gasteiger partial charge on any atom is 0.237 e. The molecule has 1 amide bonds. The second-order valence-corrected chi connectivity index (χ2v) is 4.74. The standard InChI is InChI=1S/C15H20N4O/c1-2-6-14(16)15(20)17-9-12-10-18-19(11-12)13-7-4-3-5-8-13/h3-5,7-8,10-11,14H,2,6,9,16H2,1H3,(H,17,20)/t14-/m1/s1. The van der Waals surface area contributed by atoms with Crippen LogP contribution in [0.5, 0.6) is 0 Å². The van der Waals surface area contributed by atoms with Crippen LogP contribution in [0.1, 0.15) is 25.3 Å². The van der Waals surface area contributed by atoms with Crippen LogP contribution in [-0.2, 0) is 11.3 Å². The zero-order valence-corrected chi connectivity index (χ0v) is 11.6. The number of amides is 1. The summed E-state index contributed by atoms with van der Waals surface area (Å²) in [5.41, 5.74) is 7.70. The predicted octanol–water partition coefficient (Wildman–Crippen LogP) is 1.62. The van der Waals surface area contributed by atoms with Gasteiger partial charge in [-0.15, -0.1) is 0 Å². The summed E-state index contributed by atoms with van der Waals surface area (Å²) in [6.07, 6.45) is 5.26. The SMILES string of the molecule is CCC[C@@H](N)C(=O)NCc1cnn(-c2ccccc2)c1. The quantitative estimate of drug-likeness (QED) is 0.839. The van der Waals surface area contributed by atoms with Crippen LogP contribution < -0.4 is 11.1 Å². The van der Waals surface area contributed by atoms with Crippen LogP contribution >= 0.6 is 0 Å². The van der Waals surface area contributed by atoms with Crippen molar-refractivity contribution in [1.82, 2.24) is 15.1 Å². The van der Waals surface area contributed by atoms with Gasteiger partial charge in [-0.3, -0.25) is 4.79 Å². The highest BCUT2D eigenvalue weighted by Crippen LogP contribution is 2.07. The van der Waals surface area contributed by atoms with Gasteiger partial charge in [-0.25, -0.2) is 4.68 Å². The third kappa shape index (κ3) is 3.68. The molecule has 0 bridgehead atoms. The number of hydrogen-bond acceptors (Lipinski definition) is 3. The van der Waals surface area contributed by atoms with E-state index in [2.05, 4.69) is 10.4 Å². The van der Waals surface area contributed by atoms with Crippen molar-refractivity contribution < 1.29 is 4.79 Å². The lowest BCUT2D eigenvalue weighted by Gasteiger charge is -2.10. The minimum atomic E-state index is -0.427. The van der Waals surface area contributed by atoms with E-state index in [4.69, 9.17) is 5.73 Å². The Hall–Kier alpha value is -2.14. The molecule has 106 valence electrons. The minimum absolute atomic E-state index is 0.112. The molecule has 2 aromatic rings. The Morgan fingerprint density at radius 1 is 1.40 bits per heavy atom. The van der Waals surface area contributed by atoms with E-state index in [1.165, 1.54) is 0 Å². The Labute approximate surface area is 118 Å². The first kappa shape index (κ1) is 14.3. The summed E-state index contributed by atoms with van der Waals surface area (Å²) in [6.45, 7) is 2.46. The van der Waals surface area contributed by atoms with Crippen LogP contribution in [0.15, 0.2) is 42.7 Å². The van der Waals surface area contributed by atoms with E-state index in [1.807, 2.05) is 43.5 Å². The van der Waals surface area contributed by atoms with Crippen LogP contribution in [0.25, 0.3) is 5.69 Å². The summed E-state index contributed by atoms with van der Waals surface area (Å²) >= 11 is 0. The molecule has 1 heterocycles. The van der Waals surface area contributed by atoms with E-state index in [0.29, 0.717) is 13.0 Å². The number of carbonyl (C=O) groups is 1. The lowest BCUT2D eigenvalue weighted by molar-refractivity contribution is -0.122. The Kier molecular flexibility index (Phi) is 4.90. The molecule has 1 atom stereocenters. The third-order valence-corrected chi connectivity index (χ3v) is 3.06. The number of aromatic nitrogens is 2. The van der Waals surface area contributed by atoms with Gasteiger partial charge in [-0.1, -0.05) is 31.5 Å². The highest BCUT2D eigenvalue weighted by Gasteiger charge is 2.11. The zero-order chi connectivity index (χ0) is 14.4. The minimum Gasteiger partial charge on any atom is -0.351 e. The first-order valence-corrected chi connectivity index (χ1v) is 6.83. The molecule has 5 heteroatoms. The fourth-order valence-electron chi connectivity index (χ4n) is 1.94. The number of carbonyl (C=O) groups excluding carboxylic acids is 1. The first-order valence-electron chi connectivity index (χ1n) is 6.83. The largest absolute Gasteiger partial charge is 0.351 e. The Morgan fingerprint density at radius 2 is 2.15 bits per heavy atom. The maximum absolute atomic E-state index is 11.7. The van der Waals surface area contributed by atoms with Crippen molar-refractivity contribution in [3.63, 3.8) is 0 Å². The van der Waals surface area contributed by atoms with E-state index in [1.54, 1.807) is 10.9 Å². The number of rotatable bonds is 6. The van der Waals surface area contributed by atoms with Gasteiger partial charge in [0.25, 0.3) is 0 Å². The van der Waals surface area contributed by atoms with E-state index < -0.39 is 6.04 Å². The van der Waals surface area contributed by atoms with Crippen LogP contribution in [0.3, 0.4) is 0 Å². The first-order chi connectivity index (χ1) is 9.70. The Bertz CT molecular complexity index is 550. The van der Waals surface area contributed by atoms with Gasteiger partial charge in [0.05, 0.1) is 17.9 Å². The summed E-state index contributed by atoms with van der Waals surface area (Å²) in [6, 6.07) is 9.41. The van der Waals surface area contributed by atoms with Crippen LogP contribution in [0, 0.1) is 0 Å². The molecule has 0 radical (unpaired) electrons. The van der Waals surface area contributed by atoms with Crippen molar-refractivity contribution >= 4 is 5.91 Å². The lowest BCUT2D eigenvalue weighted by atomic mass is 10.1. The summed E-state index contributed by atoms with van der Waals surface area (Å²) in [7, 11) is 0. The van der Waals surface area contributed by atoms with Gasteiger partial charge in [0, 0.05) is 18.3 Å². The van der Waals surface area contributed by atoms with E-state index in [0.717, 1.165) is 17.7 Å². The fraction of sp³-hybridized carbons (Fsp3) is 0.333. The molecule has 0 fully saturated rings. The molecule has 0 spiro atoms. The second-order valence-electron chi connectivity index (χ2n) is 4.74. The van der Waals surface area contributed by atoms with Crippen LogP contribution in [-0.4, -0.2) is 21.7 Å². The molecule has 0 aliphatic rings. The lowest BCUT2D eigenvalue weighted by Crippen LogP contribution is -2.39. The number of nitrogens with two attached hydrogens (primary N) is 1. The summed E-state index contributed by atoms with van der Waals surface area (Å²) in [5, 5.41) is 7.11. The van der Waals surface area contributed by atoms with Gasteiger partial charge < -0.3 is 11.1 Å². The van der Waals surface area contributed by atoms with E-state index in [9.17, 15) is 4.79 Å². The van der Waals surface area contributed by atoms with Crippen LogP contribution in [0.4, 0.5) is 0 Å². The average Bonchev–Trinajstić information content (AvgIpc) is 2.95. The van der Waals surface area contributed by atoms with Gasteiger partial charge >= 0.3 is 0 Å². The van der Waals surface area contributed by atoms with E-state index in [-0.39, 0.29) is 5.91 Å². The van der Waals surface area contributed by atoms with E-state index >= 15 is 0 Å². The van der Waals surface area contributed by atoms with Crippen molar-refractivity contribution in [3.8, 4) is 5.69 Å². The predicted molar refractivity (Wildman–Crippen MR) is 78.3 cm³/mol. The van der Waals surface area contributed by atoms with Gasteiger partial charge in [-0.2, -0.15) is 5.10 Å². The number of hydrogen-bond donors (Lipinski definition) is 2. The molecule has 1 aromatic carbocycles. The Morgan fingerprint density at radius 3 is 2.85 bits per heavy atom. The molecule has 3 N–H and O–H groups in total. The average molecular weight is 272 g/mol. The molecule has 0 saturated carbocycles. The number of benzene rings is 1. The number of nitrogens with one attached hydrogen (secondary N) is 1. The molecule has 0 aliphatic heterocycles. The molecular weight excluding hydrogens is 252 g/mol. The van der Waals surface area contributed by atoms with Crippen molar-refractivity contribution in [1.29, 1.82) is 0 Å². The molecule has 0 aliphatic carbocycles. The van der Waals surface area contributed by atoms with Crippen molar-refractivity contribution in [2.24, 2.45) is 5.73 Å². The maximum atomic E-state index is 11.7. The van der Waals surface area contributed by atoms with Crippen molar-refractivity contribution in [2.75, 3.05) is 0 Å².